The number of hydrogen-bond donors (Lipinski definition) is 0. The van der Waals surface area contributed by atoms with Gasteiger partial charge in [-0.2, -0.15) is 0 Å². The standard InChI is InChI=1S/C62H98O6/c1-4-7-10-13-16-19-21-23-25-27-29-30-31-32-34-35-37-39-41-43-46-49-52-55-61(64)67-58-59(57-66-60(63)54-51-48-45-18-15-12-9-6-3)68-62(65)56-53-50-47-44-42-40-38-36-33-28-26-24-22-20-17-14-11-8-5-2/h7-8,10-11,16-17,19-20,23-26,29-30,32-34,36-37,39,43,46,59H,4-6,9,12-15,18,21-22,27-28,31,35,38,40-42,44-45,47-58H2,1-3H3/b10-7-,11-8-,19-16-,20-17-,25-23-,26-24-,30-29-,34-32-,36-33-,39-37-,46-43-. The highest BCUT2D eigenvalue weighted by molar-refractivity contribution is 5.71. The molecule has 6 heteroatoms. The Morgan fingerprint density at radius 3 is 0.956 bits per heavy atom. The van der Waals surface area contributed by atoms with Crippen LogP contribution >= 0.6 is 0 Å². The molecule has 382 valence electrons. The molecule has 0 rings (SSSR count). The van der Waals surface area contributed by atoms with Crippen molar-refractivity contribution >= 4 is 17.9 Å². The molecular weight excluding hydrogens is 841 g/mol. The summed E-state index contributed by atoms with van der Waals surface area (Å²) in [6.07, 6.45) is 77.4. The minimum atomic E-state index is -0.811. The monoisotopic (exact) mass is 939 g/mol. The second-order valence-electron chi connectivity index (χ2n) is 17.4. The third-order valence-electron chi connectivity index (χ3n) is 10.9. The van der Waals surface area contributed by atoms with Crippen LogP contribution in [0.3, 0.4) is 0 Å². The number of carbonyl (C=O) groups excluding carboxylic acids is 3. The van der Waals surface area contributed by atoms with Gasteiger partial charge in [0.25, 0.3) is 0 Å². The number of unbranched alkanes of at least 4 members (excludes halogenated alkanes) is 14. The number of esters is 3. The molecule has 1 unspecified atom stereocenters. The summed E-state index contributed by atoms with van der Waals surface area (Å²) < 4.78 is 16.7. The average Bonchev–Trinajstić information content (AvgIpc) is 3.34. The number of carbonyl (C=O) groups is 3. The minimum Gasteiger partial charge on any atom is -0.462 e. The van der Waals surface area contributed by atoms with Crippen LogP contribution in [0.1, 0.15) is 220 Å². The molecule has 0 aliphatic carbocycles. The molecule has 0 aromatic heterocycles. The predicted octanol–water partition coefficient (Wildman–Crippen LogP) is 18.3. The van der Waals surface area contributed by atoms with Crippen molar-refractivity contribution in [2.24, 2.45) is 0 Å². The zero-order valence-corrected chi connectivity index (χ0v) is 43.6. The van der Waals surface area contributed by atoms with Crippen LogP contribution in [-0.2, 0) is 28.6 Å². The van der Waals surface area contributed by atoms with E-state index in [0.29, 0.717) is 19.3 Å². The van der Waals surface area contributed by atoms with E-state index in [-0.39, 0.29) is 37.5 Å². The maximum Gasteiger partial charge on any atom is 0.306 e. The summed E-state index contributed by atoms with van der Waals surface area (Å²) in [5, 5.41) is 0. The van der Waals surface area contributed by atoms with Crippen molar-refractivity contribution in [3.8, 4) is 0 Å². The Morgan fingerprint density at radius 2 is 0.588 bits per heavy atom. The Morgan fingerprint density at radius 1 is 0.309 bits per heavy atom. The van der Waals surface area contributed by atoms with E-state index in [1.54, 1.807) is 0 Å². The van der Waals surface area contributed by atoms with Crippen molar-refractivity contribution in [2.45, 2.75) is 226 Å². The predicted molar refractivity (Wildman–Crippen MR) is 292 cm³/mol. The molecule has 0 spiro atoms. The fourth-order valence-corrected chi connectivity index (χ4v) is 6.89. The van der Waals surface area contributed by atoms with E-state index in [9.17, 15) is 14.4 Å². The van der Waals surface area contributed by atoms with Crippen molar-refractivity contribution in [3.63, 3.8) is 0 Å². The van der Waals surface area contributed by atoms with Gasteiger partial charge >= 0.3 is 17.9 Å². The third kappa shape index (κ3) is 52.5. The molecule has 0 heterocycles. The van der Waals surface area contributed by atoms with Crippen LogP contribution in [-0.4, -0.2) is 37.2 Å². The first kappa shape index (κ1) is 63.5. The van der Waals surface area contributed by atoms with Gasteiger partial charge in [0.15, 0.2) is 6.10 Å². The number of hydrogen-bond acceptors (Lipinski definition) is 6. The van der Waals surface area contributed by atoms with Crippen LogP contribution in [0.5, 0.6) is 0 Å². The lowest BCUT2D eigenvalue weighted by Crippen LogP contribution is -2.30. The molecular formula is C62H98O6. The highest BCUT2D eigenvalue weighted by atomic mass is 16.6. The summed E-state index contributed by atoms with van der Waals surface area (Å²) in [6, 6.07) is 0. The van der Waals surface area contributed by atoms with E-state index in [2.05, 4.69) is 154 Å². The fraction of sp³-hybridized carbons (Fsp3) is 0.597. The average molecular weight is 939 g/mol. The van der Waals surface area contributed by atoms with Crippen molar-refractivity contribution in [1.82, 2.24) is 0 Å². The lowest BCUT2D eigenvalue weighted by atomic mass is 10.1. The summed E-state index contributed by atoms with van der Waals surface area (Å²) in [6.45, 7) is 6.30. The van der Waals surface area contributed by atoms with Gasteiger partial charge in [-0.3, -0.25) is 14.4 Å². The number of rotatable bonds is 47. The van der Waals surface area contributed by atoms with E-state index >= 15 is 0 Å². The maximum atomic E-state index is 12.8. The molecule has 0 aromatic rings. The first-order chi connectivity index (χ1) is 33.5. The van der Waals surface area contributed by atoms with Gasteiger partial charge in [0.1, 0.15) is 13.2 Å². The Kier molecular flexibility index (Phi) is 51.5. The molecule has 0 aliphatic rings. The summed E-state index contributed by atoms with van der Waals surface area (Å²) in [4.78, 5) is 37.9. The maximum absolute atomic E-state index is 12.8. The van der Waals surface area contributed by atoms with E-state index in [1.165, 1.54) is 44.9 Å². The minimum absolute atomic E-state index is 0.106. The van der Waals surface area contributed by atoms with Crippen LogP contribution in [0, 0.1) is 0 Å². The normalized spacial score (nSPS) is 13.2. The fourth-order valence-electron chi connectivity index (χ4n) is 6.89. The molecule has 0 aliphatic heterocycles. The van der Waals surface area contributed by atoms with Crippen LogP contribution in [0.25, 0.3) is 0 Å². The van der Waals surface area contributed by atoms with Crippen molar-refractivity contribution in [1.29, 1.82) is 0 Å². The Balaban J connectivity index is 4.43. The topological polar surface area (TPSA) is 78.9 Å². The molecule has 0 fully saturated rings. The summed E-state index contributed by atoms with van der Waals surface area (Å²) in [7, 11) is 0. The highest BCUT2D eigenvalue weighted by Crippen LogP contribution is 2.13. The van der Waals surface area contributed by atoms with E-state index in [4.69, 9.17) is 14.2 Å². The Bertz CT molecular complexity index is 1500. The van der Waals surface area contributed by atoms with Crippen LogP contribution in [0.15, 0.2) is 134 Å². The lowest BCUT2D eigenvalue weighted by molar-refractivity contribution is -0.167. The van der Waals surface area contributed by atoms with E-state index < -0.39 is 6.10 Å². The van der Waals surface area contributed by atoms with Gasteiger partial charge < -0.3 is 14.2 Å². The van der Waals surface area contributed by atoms with E-state index in [1.807, 2.05) is 0 Å². The molecule has 0 bridgehead atoms. The van der Waals surface area contributed by atoms with Crippen molar-refractivity contribution in [3.05, 3.63) is 134 Å². The van der Waals surface area contributed by atoms with Gasteiger partial charge in [-0.25, -0.2) is 0 Å². The first-order valence-electron chi connectivity index (χ1n) is 27.2. The molecule has 68 heavy (non-hydrogen) atoms. The Labute approximate surface area is 417 Å². The highest BCUT2D eigenvalue weighted by Gasteiger charge is 2.19. The second-order valence-corrected chi connectivity index (χ2v) is 17.4. The summed E-state index contributed by atoms with van der Waals surface area (Å²) in [5.74, 6) is -0.994. The van der Waals surface area contributed by atoms with Crippen LogP contribution < -0.4 is 0 Å². The summed E-state index contributed by atoms with van der Waals surface area (Å²) >= 11 is 0. The molecule has 1 atom stereocenters. The van der Waals surface area contributed by atoms with Gasteiger partial charge in [0.05, 0.1) is 0 Å². The zero-order valence-electron chi connectivity index (χ0n) is 43.6. The third-order valence-corrected chi connectivity index (χ3v) is 10.9. The van der Waals surface area contributed by atoms with Crippen LogP contribution in [0.4, 0.5) is 0 Å². The largest absolute Gasteiger partial charge is 0.462 e. The van der Waals surface area contributed by atoms with Gasteiger partial charge in [-0.05, 0) is 109 Å². The van der Waals surface area contributed by atoms with Gasteiger partial charge in [0, 0.05) is 19.3 Å². The number of allylic oxidation sites excluding steroid dienone is 22. The second kappa shape index (κ2) is 55.1. The Hall–Kier alpha value is -4.45. The quantitative estimate of drug-likeness (QED) is 0.0262. The number of ether oxygens (including phenoxy) is 3. The molecule has 0 radical (unpaired) electrons. The van der Waals surface area contributed by atoms with Crippen molar-refractivity contribution in [2.75, 3.05) is 13.2 Å². The van der Waals surface area contributed by atoms with Gasteiger partial charge in [0.2, 0.25) is 0 Å². The molecule has 6 nitrogen and oxygen atoms in total. The first-order valence-corrected chi connectivity index (χ1v) is 27.2. The van der Waals surface area contributed by atoms with Gasteiger partial charge in [-0.1, -0.05) is 225 Å². The molecule has 0 N–H and O–H groups in total. The van der Waals surface area contributed by atoms with Crippen LogP contribution in [0.2, 0.25) is 0 Å². The summed E-state index contributed by atoms with van der Waals surface area (Å²) in [5.41, 5.74) is 0. The molecule has 0 aromatic carbocycles. The van der Waals surface area contributed by atoms with E-state index in [0.717, 1.165) is 128 Å². The molecule has 0 amide bonds. The van der Waals surface area contributed by atoms with Crippen molar-refractivity contribution < 1.29 is 28.6 Å². The lowest BCUT2D eigenvalue weighted by Gasteiger charge is -2.18. The zero-order chi connectivity index (χ0) is 49.3. The van der Waals surface area contributed by atoms with Gasteiger partial charge in [-0.15, -0.1) is 0 Å². The molecule has 0 saturated heterocycles. The smallest absolute Gasteiger partial charge is 0.306 e. The molecule has 0 saturated carbocycles. The SMILES string of the molecule is CC/C=C\C/C=C\C/C=C\C/C=C\C/C=C\C/C=C\C/C=C\CCCC(=O)OCC(COC(=O)CCCCCCCCCC)OC(=O)CCCCCCCC/C=C\C/C=C\C/C=C\C/C=C\CC.